The summed E-state index contributed by atoms with van der Waals surface area (Å²) in [6.07, 6.45) is 3.94. The number of hydrogen-bond acceptors (Lipinski definition) is 8. The highest BCUT2D eigenvalue weighted by Gasteiger charge is 2.33. The van der Waals surface area contributed by atoms with Gasteiger partial charge in [0.05, 0.1) is 24.0 Å². The van der Waals surface area contributed by atoms with Gasteiger partial charge in [-0.05, 0) is 61.6 Å². The predicted octanol–water partition coefficient (Wildman–Crippen LogP) is 4.69. The van der Waals surface area contributed by atoms with Crippen LogP contribution in [0.1, 0.15) is 37.7 Å². The molecule has 3 aliphatic rings. The summed E-state index contributed by atoms with van der Waals surface area (Å²) in [6, 6.07) is 8.38. The Bertz CT molecular complexity index is 1470. The monoisotopic (exact) mass is 659 g/mol. The van der Waals surface area contributed by atoms with Crippen molar-refractivity contribution in [3.05, 3.63) is 58.5 Å². The molecule has 0 radical (unpaired) electrons. The average molecular weight is 660 g/mol. The van der Waals surface area contributed by atoms with Crippen molar-refractivity contribution in [3.63, 3.8) is 0 Å². The number of aliphatic carboxylic acids is 1. The molecule has 2 saturated heterocycles. The van der Waals surface area contributed by atoms with Gasteiger partial charge in [-0.1, -0.05) is 30.0 Å². The third-order valence-corrected chi connectivity index (χ3v) is 9.56. The Morgan fingerprint density at radius 3 is 2.56 bits per heavy atom. The van der Waals surface area contributed by atoms with E-state index in [1.54, 1.807) is 24.3 Å². The number of morpholine rings is 1. The van der Waals surface area contributed by atoms with Crippen molar-refractivity contribution in [1.82, 2.24) is 15.1 Å². The molecule has 2 amide bonds. The summed E-state index contributed by atoms with van der Waals surface area (Å²) in [7, 11) is 0. The zero-order valence-corrected chi connectivity index (χ0v) is 26.3. The average Bonchev–Trinajstić information content (AvgIpc) is 3.28. The maximum Gasteiger partial charge on any atom is 0.306 e. The molecule has 0 aromatic heterocycles. The van der Waals surface area contributed by atoms with Crippen LogP contribution in [0.25, 0.3) is 17.2 Å². The van der Waals surface area contributed by atoms with Gasteiger partial charge in [0.15, 0.2) is 0 Å². The second-order valence-electron chi connectivity index (χ2n) is 11.2. The minimum atomic E-state index is -0.803. The van der Waals surface area contributed by atoms with Crippen LogP contribution >= 0.6 is 24.0 Å². The third kappa shape index (κ3) is 8.66. The minimum Gasteiger partial charge on any atom is -0.492 e. The molecule has 5 rings (SSSR count). The molecule has 1 aliphatic carbocycles. The fourth-order valence-electron chi connectivity index (χ4n) is 5.63. The van der Waals surface area contributed by atoms with Crippen molar-refractivity contribution in [2.45, 2.75) is 38.1 Å². The molecule has 2 aromatic rings. The van der Waals surface area contributed by atoms with E-state index in [-0.39, 0.29) is 42.3 Å². The number of carbonyl (C=O) groups is 3. The molecule has 0 spiro atoms. The van der Waals surface area contributed by atoms with E-state index in [1.165, 1.54) is 17.0 Å². The molecule has 240 valence electrons. The molecule has 0 atom stereocenters. The van der Waals surface area contributed by atoms with Crippen molar-refractivity contribution in [1.29, 1.82) is 0 Å². The van der Waals surface area contributed by atoms with Crippen LogP contribution in [-0.2, 0) is 19.1 Å². The van der Waals surface area contributed by atoms with Gasteiger partial charge in [-0.2, -0.15) is 0 Å². The first-order chi connectivity index (χ1) is 21.7. The van der Waals surface area contributed by atoms with Gasteiger partial charge in [-0.25, -0.2) is 8.78 Å². The van der Waals surface area contributed by atoms with Gasteiger partial charge in [0.25, 0.3) is 5.91 Å². The maximum atomic E-state index is 14.7. The standard InChI is InChI=1S/C32H35F2N3O6S2/c33-23-4-7-25(26(34)19-23)21-3-8-27(43-16-13-36-11-14-42-15-12-36)22(17-21)18-28-30(39)37(32(44)45-28)10-9-29(38)35-24-5-1-20(2-6-24)31(40)41/h3-4,7-8,17-20,24H,1-2,5-6,9-16H2,(H,35,38)(H,40,41)/b28-18-. The van der Waals surface area contributed by atoms with Crippen molar-refractivity contribution in [2.24, 2.45) is 5.92 Å². The molecule has 0 unspecified atom stereocenters. The second-order valence-corrected chi connectivity index (χ2v) is 12.9. The predicted molar refractivity (Wildman–Crippen MR) is 171 cm³/mol. The highest BCUT2D eigenvalue weighted by molar-refractivity contribution is 8.26. The number of amides is 2. The largest absolute Gasteiger partial charge is 0.492 e. The van der Waals surface area contributed by atoms with E-state index in [4.69, 9.17) is 21.7 Å². The summed E-state index contributed by atoms with van der Waals surface area (Å²) in [5.74, 6) is -2.64. The third-order valence-electron chi connectivity index (χ3n) is 8.18. The fraction of sp³-hybridized carbons (Fsp3) is 0.438. The van der Waals surface area contributed by atoms with E-state index in [0.717, 1.165) is 30.9 Å². The normalized spacial score (nSPS) is 21.7. The number of nitrogens with one attached hydrogen (secondary N) is 1. The van der Waals surface area contributed by atoms with E-state index in [2.05, 4.69) is 10.2 Å². The van der Waals surface area contributed by atoms with E-state index in [1.807, 2.05) is 0 Å². The topological polar surface area (TPSA) is 108 Å². The van der Waals surface area contributed by atoms with Crippen molar-refractivity contribution < 1.29 is 37.7 Å². The second kappa shape index (κ2) is 15.3. The number of halogens is 2. The van der Waals surface area contributed by atoms with Crippen LogP contribution in [0.2, 0.25) is 0 Å². The Kier molecular flexibility index (Phi) is 11.2. The van der Waals surface area contributed by atoms with E-state index in [0.29, 0.717) is 78.2 Å². The maximum absolute atomic E-state index is 14.7. The number of rotatable bonds is 11. The number of carboxylic acids is 1. The number of thiocarbonyl (C=S) groups is 1. The van der Waals surface area contributed by atoms with Crippen LogP contribution in [0.15, 0.2) is 41.3 Å². The Hall–Kier alpha value is -3.39. The van der Waals surface area contributed by atoms with Gasteiger partial charge in [0, 0.05) is 55.8 Å². The molecule has 2 aromatic carbocycles. The number of carbonyl (C=O) groups excluding carboxylic acids is 2. The van der Waals surface area contributed by atoms with Gasteiger partial charge >= 0.3 is 5.97 Å². The summed E-state index contributed by atoms with van der Waals surface area (Å²) in [5.41, 5.74) is 1.23. The molecular weight excluding hydrogens is 624 g/mol. The number of hydrogen-bond donors (Lipinski definition) is 2. The van der Waals surface area contributed by atoms with Crippen LogP contribution in [0.4, 0.5) is 8.78 Å². The molecule has 9 nitrogen and oxygen atoms in total. The molecule has 1 saturated carbocycles. The van der Waals surface area contributed by atoms with Crippen LogP contribution in [0, 0.1) is 17.6 Å². The first-order valence-electron chi connectivity index (χ1n) is 15.0. The van der Waals surface area contributed by atoms with Crippen LogP contribution in [0.5, 0.6) is 5.75 Å². The number of ether oxygens (including phenoxy) is 2. The molecule has 2 aliphatic heterocycles. The zero-order chi connectivity index (χ0) is 31.9. The molecule has 0 bridgehead atoms. The quantitative estimate of drug-likeness (QED) is 0.262. The molecule has 13 heteroatoms. The lowest BCUT2D eigenvalue weighted by Crippen LogP contribution is -2.40. The summed E-state index contributed by atoms with van der Waals surface area (Å²) in [5, 5.41) is 12.1. The lowest BCUT2D eigenvalue weighted by molar-refractivity contribution is -0.142. The van der Waals surface area contributed by atoms with E-state index in [9.17, 15) is 28.3 Å². The molecule has 2 heterocycles. The fourth-order valence-corrected chi connectivity index (χ4v) is 6.92. The lowest BCUT2D eigenvalue weighted by Gasteiger charge is -2.27. The first kappa shape index (κ1) is 33.0. The van der Waals surface area contributed by atoms with Crippen molar-refractivity contribution >= 4 is 52.2 Å². The highest BCUT2D eigenvalue weighted by Crippen LogP contribution is 2.36. The number of nitrogens with zero attached hydrogens (tertiary/aromatic N) is 2. The lowest BCUT2D eigenvalue weighted by atomic mass is 9.86. The minimum absolute atomic E-state index is 0.0494. The van der Waals surface area contributed by atoms with E-state index >= 15 is 0 Å². The van der Waals surface area contributed by atoms with Gasteiger partial charge in [0.1, 0.15) is 28.3 Å². The zero-order valence-electron chi connectivity index (χ0n) is 24.6. The van der Waals surface area contributed by atoms with Crippen molar-refractivity contribution in [3.8, 4) is 16.9 Å². The number of benzene rings is 2. The molecule has 2 N–H and O–H groups in total. The summed E-state index contributed by atoms with van der Waals surface area (Å²) in [6.45, 7) is 4.13. The Balaban J connectivity index is 1.27. The molecular formula is C32H35F2N3O6S2. The van der Waals surface area contributed by atoms with Gasteiger partial charge in [0.2, 0.25) is 5.91 Å². The summed E-state index contributed by atoms with van der Waals surface area (Å²) < 4.78 is 40.1. The number of carboxylic acid groups (broad SMARTS) is 1. The van der Waals surface area contributed by atoms with Gasteiger partial charge in [-0.3, -0.25) is 24.2 Å². The molecule has 45 heavy (non-hydrogen) atoms. The van der Waals surface area contributed by atoms with Gasteiger partial charge in [-0.15, -0.1) is 0 Å². The van der Waals surface area contributed by atoms with Crippen molar-refractivity contribution in [2.75, 3.05) is 46.0 Å². The summed E-state index contributed by atoms with van der Waals surface area (Å²) in [4.78, 5) is 41.2. The van der Waals surface area contributed by atoms with Crippen LogP contribution in [0.3, 0.4) is 0 Å². The Morgan fingerprint density at radius 1 is 1.09 bits per heavy atom. The number of thioether (sulfide) groups is 1. The highest BCUT2D eigenvalue weighted by atomic mass is 32.2. The summed E-state index contributed by atoms with van der Waals surface area (Å²) >= 11 is 6.59. The Labute approximate surface area is 269 Å². The van der Waals surface area contributed by atoms with E-state index < -0.39 is 17.6 Å². The van der Waals surface area contributed by atoms with Gasteiger partial charge < -0.3 is 19.9 Å². The smallest absolute Gasteiger partial charge is 0.306 e. The van der Waals surface area contributed by atoms with Crippen LogP contribution in [-0.4, -0.2) is 89.1 Å². The first-order valence-corrected chi connectivity index (χ1v) is 16.2. The SMILES string of the molecule is O=C(CCN1C(=O)/C(=C/c2cc(-c3ccc(F)cc3F)ccc2OCCN2CCOCC2)SC1=S)NC1CCC(C(=O)O)CC1. The Morgan fingerprint density at radius 2 is 1.84 bits per heavy atom. The molecule has 3 fully saturated rings. The van der Waals surface area contributed by atoms with Crippen LogP contribution < -0.4 is 10.1 Å².